The van der Waals surface area contributed by atoms with E-state index in [2.05, 4.69) is 21.2 Å². The SMILES string of the molecule is Nc1cccc(CNC(=O)Cc2cccc(Br)c2)c1. The predicted molar refractivity (Wildman–Crippen MR) is 80.5 cm³/mol. The molecule has 19 heavy (non-hydrogen) atoms. The van der Waals surface area contributed by atoms with Crippen molar-refractivity contribution in [2.24, 2.45) is 0 Å². The summed E-state index contributed by atoms with van der Waals surface area (Å²) in [4.78, 5) is 11.8. The summed E-state index contributed by atoms with van der Waals surface area (Å²) in [5, 5.41) is 2.88. The number of nitrogens with one attached hydrogen (secondary N) is 1. The van der Waals surface area contributed by atoms with Crippen LogP contribution in [-0.2, 0) is 17.8 Å². The Bertz CT molecular complexity index is 584. The average Bonchev–Trinajstić information content (AvgIpc) is 2.36. The Hall–Kier alpha value is -1.81. The van der Waals surface area contributed by atoms with Gasteiger partial charge in [0.1, 0.15) is 0 Å². The van der Waals surface area contributed by atoms with Gasteiger partial charge in [0.15, 0.2) is 0 Å². The highest BCUT2D eigenvalue weighted by atomic mass is 79.9. The first-order valence-corrected chi connectivity index (χ1v) is 6.78. The lowest BCUT2D eigenvalue weighted by atomic mass is 10.1. The van der Waals surface area contributed by atoms with Crippen LogP contribution in [0, 0.1) is 0 Å². The molecular weight excluding hydrogens is 304 g/mol. The van der Waals surface area contributed by atoms with Gasteiger partial charge in [-0.15, -0.1) is 0 Å². The summed E-state index contributed by atoms with van der Waals surface area (Å²) >= 11 is 3.39. The summed E-state index contributed by atoms with van der Waals surface area (Å²) in [7, 11) is 0. The average molecular weight is 319 g/mol. The number of rotatable bonds is 4. The van der Waals surface area contributed by atoms with Gasteiger partial charge in [-0.05, 0) is 35.4 Å². The van der Waals surface area contributed by atoms with Gasteiger partial charge < -0.3 is 11.1 Å². The van der Waals surface area contributed by atoms with E-state index in [9.17, 15) is 4.79 Å². The van der Waals surface area contributed by atoms with Crippen LogP contribution >= 0.6 is 15.9 Å². The van der Waals surface area contributed by atoms with Gasteiger partial charge >= 0.3 is 0 Å². The molecule has 0 atom stereocenters. The summed E-state index contributed by atoms with van der Waals surface area (Å²) < 4.78 is 0.980. The largest absolute Gasteiger partial charge is 0.399 e. The third kappa shape index (κ3) is 4.41. The number of carbonyl (C=O) groups excluding carboxylic acids is 1. The first kappa shape index (κ1) is 13.6. The van der Waals surface area contributed by atoms with E-state index in [0.717, 1.165) is 15.6 Å². The Balaban J connectivity index is 1.88. The molecule has 0 aliphatic heterocycles. The highest BCUT2D eigenvalue weighted by molar-refractivity contribution is 9.10. The zero-order chi connectivity index (χ0) is 13.7. The van der Waals surface area contributed by atoms with Crippen molar-refractivity contribution in [2.45, 2.75) is 13.0 Å². The summed E-state index contributed by atoms with van der Waals surface area (Å²) in [5.41, 5.74) is 8.38. The van der Waals surface area contributed by atoms with Gasteiger partial charge in [-0.3, -0.25) is 4.79 Å². The van der Waals surface area contributed by atoms with Crippen LogP contribution in [0.2, 0.25) is 0 Å². The van der Waals surface area contributed by atoms with Crippen molar-refractivity contribution in [2.75, 3.05) is 5.73 Å². The molecule has 4 heteroatoms. The van der Waals surface area contributed by atoms with E-state index in [0.29, 0.717) is 18.7 Å². The topological polar surface area (TPSA) is 55.1 Å². The fourth-order valence-electron chi connectivity index (χ4n) is 1.80. The van der Waals surface area contributed by atoms with E-state index >= 15 is 0 Å². The molecule has 0 radical (unpaired) electrons. The number of nitrogen functional groups attached to an aromatic ring is 1. The normalized spacial score (nSPS) is 10.2. The molecule has 0 aromatic heterocycles. The fraction of sp³-hybridized carbons (Fsp3) is 0.133. The Kier molecular flexibility index (Phi) is 4.58. The number of nitrogens with two attached hydrogens (primary N) is 1. The molecule has 2 aromatic carbocycles. The van der Waals surface area contributed by atoms with Gasteiger partial charge in [0.2, 0.25) is 5.91 Å². The quantitative estimate of drug-likeness (QED) is 0.852. The molecular formula is C15H15BrN2O. The fourth-order valence-corrected chi connectivity index (χ4v) is 2.25. The molecule has 0 bridgehead atoms. The van der Waals surface area contributed by atoms with Gasteiger partial charge in [-0.2, -0.15) is 0 Å². The van der Waals surface area contributed by atoms with Crippen LogP contribution < -0.4 is 11.1 Å². The van der Waals surface area contributed by atoms with Crippen LogP contribution in [0.3, 0.4) is 0 Å². The molecule has 2 rings (SSSR count). The van der Waals surface area contributed by atoms with Crippen molar-refractivity contribution < 1.29 is 4.79 Å². The maximum absolute atomic E-state index is 11.8. The van der Waals surface area contributed by atoms with Crippen LogP contribution in [0.4, 0.5) is 5.69 Å². The van der Waals surface area contributed by atoms with Gasteiger partial charge in [0, 0.05) is 16.7 Å². The maximum Gasteiger partial charge on any atom is 0.224 e. The zero-order valence-corrected chi connectivity index (χ0v) is 12.0. The number of carbonyl (C=O) groups is 1. The van der Waals surface area contributed by atoms with Crippen molar-refractivity contribution in [3.8, 4) is 0 Å². The molecule has 0 heterocycles. The van der Waals surface area contributed by atoms with Gasteiger partial charge in [0.05, 0.1) is 6.42 Å². The number of benzene rings is 2. The molecule has 0 spiro atoms. The van der Waals surface area contributed by atoms with Gasteiger partial charge in [-0.1, -0.05) is 40.2 Å². The minimum atomic E-state index is 0.000486. The number of anilines is 1. The van der Waals surface area contributed by atoms with Crippen molar-refractivity contribution in [3.05, 3.63) is 64.1 Å². The first-order valence-electron chi connectivity index (χ1n) is 5.99. The highest BCUT2D eigenvalue weighted by Gasteiger charge is 2.03. The molecule has 2 aromatic rings. The second-order valence-electron chi connectivity index (χ2n) is 4.33. The molecule has 0 fully saturated rings. The van der Waals surface area contributed by atoms with E-state index in [1.54, 1.807) is 0 Å². The van der Waals surface area contributed by atoms with Crippen molar-refractivity contribution in [1.82, 2.24) is 5.32 Å². The summed E-state index contributed by atoms with van der Waals surface area (Å²) in [6.07, 6.45) is 0.377. The van der Waals surface area contributed by atoms with Gasteiger partial charge in [-0.25, -0.2) is 0 Å². The second kappa shape index (κ2) is 6.38. The standard InChI is InChI=1S/C15H15BrN2O/c16-13-5-1-3-11(7-13)9-15(19)18-10-12-4-2-6-14(17)8-12/h1-8H,9-10,17H2,(H,18,19). The first-order chi connectivity index (χ1) is 9.13. The van der Waals surface area contributed by atoms with E-state index in [1.165, 1.54) is 0 Å². The smallest absolute Gasteiger partial charge is 0.224 e. The molecule has 0 aliphatic carbocycles. The number of amides is 1. The van der Waals surface area contributed by atoms with E-state index in [1.807, 2.05) is 48.5 Å². The summed E-state index contributed by atoms with van der Waals surface area (Å²) in [5.74, 6) is 0.000486. The Morgan fingerprint density at radius 3 is 2.58 bits per heavy atom. The molecule has 0 aliphatic rings. The van der Waals surface area contributed by atoms with Crippen LogP contribution in [0.1, 0.15) is 11.1 Å². The molecule has 0 unspecified atom stereocenters. The molecule has 98 valence electrons. The minimum Gasteiger partial charge on any atom is -0.399 e. The van der Waals surface area contributed by atoms with Gasteiger partial charge in [0.25, 0.3) is 0 Å². The van der Waals surface area contributed by atoms with E-state index in [4.69, 9.17) is 5.73 Å². The lowest BCUT2D eigenvalue weighted by Crippen LogP contribution is -2.24. The van der Waals surface area contributed by atoms with Crippen molar-refractivity contribution in [1.29, 1.82) is 0 Å². The lowest BCUT2D eigenvalue weighted by Gasteiger charge is -2.06. The van der Waals surface area contributed by atoms with Crippen molar-refractivity contribution >= 4 is 27.5 Å². The number of halogens is 1. The Morgan fingerprint density at radius 1 is 1.11 bits per heavy atom. The molecule has 3 nitrogen and oxygen atoms in total. The number of hydrogen-bond donors (Lipinski definition) is 2. The monoisotopic (exact) mass is 318 g/mol. The zero-order valence-electron chi connectivity index (χ0n) is 10.4. The third-order valence-electron chi connectivity index (χ3n) is 2.69. The number of hydrogen-bond acceptors (Lipinski definition) is 2. The summed E-state index contributed by atoms with van der Waals surface area (Å²) in [6.45, 7) is 0.498. The molecule has 0 saturated carbocycles. The Morgan fingerprint density at radius 2 is 1.84 bits per heavy atom. The molecule has 3 N–H and O–H groups in total. The minimum absolute atomic E-state index is 0.000486. The predicted octanol–water partition coefficient (Wildman–Crippen LogP) is 2.89. The van der Waals surface area contributed by atoms with E-state index in [-0.39, 0.29) is 5.91 Å². The lowest BCUT2D eigenvalue weighted by molar-refractivity contribution is -0.120. The van der Waals surface area contributed by atoms with Crippen LogP contribution in [-0.4, -0.2) is 5.91 Å². The van der Waals surface area contributed by atoms with Crippen LogP contribution in [0.5, 0.6) is 0 Å². The molecule has 1 amide bonds. The van der Waals surface area contributed by atoms with Crippen LogP contribution in [0.25, 0.3) is 0 Å². The summed E-state index contributed by atoms with van der Waals surface area (Å²) in [6, 6.07) is 15.2. The maximum atomic E-state index is 11.8. The Labute approximate surface area is 121 Å². The van der Waals surface area contributed by atoms with E-state index < -0.39 is 0 Å². The highest BCUT2D eigenvalue weighted by Crippen LogP contribution is 2.12. The van der Waals surface area contributed by atoms with Crippen LogP contribution in [0.15, 0.2) is 53.0 Å². The third-order valence-corrected chi connectivity index (χ3v) is 3.19. The second-order valence-corrected chi connectivity index (χ2v) is 5.24. The molecule has 0 saturated heterocycles. The van der Waals surface area contributed by atoms with Crippen molar-refractivity contribution in [3.63, 3.8) is 0 Å².